The molecule has 0 saturated heterocycles. The van der Waals surface area contributed by atoms with Gasteiger partial charge in [-0.25, -0.2) is 22.4 Å². The van der Waals surface area contributed by atoms with Gasteiger partial charge in [0, 0.05) is 0 Å². The van der Waals surface area contributed by atoms with Gasteiger partial charge in [0.15, 0.2) is 29.1 Å². The summed E-state index contributed by atoms with van der Waals surface area (Å²) >= 11 is 0. The Labute approximate surface area is 146 Å². The van der Waals surface area contributed by atoms with Gasteiger partial charge in [0.25, 0.3) is 0 Å². The summed E-state index contributed by atoms with van der Waals surface area (Å²) in [6, 6.07) is 6.55. The van der Waals surface area contributed by atoms with Gasteiger partial charge in [-0.3, -0.25) is 4.79 Å². The van der Waals surface area contributed by atoms with Gasteiger partial charge in [-0.1, -0.05) is 37.4 Å². The number of rotatable bonds is 4. The van der Waals surface area contributed by atoms with E-state index < -0.39 is 46.1 Å². The Bertz CT molecular complexity index is 842. The lowest BCUT2D eigenvalue weighted by atomic mass is 10.1. The molecule has 0 atom stereocenters. The molecule has 7 heteroatoms. The quantitative estimate of drug-likeness (QED) is 0.464. The zero-order chi connectivity index (χ0) is 20.0. The van der Waals surface area contributed by atoms with Gasteiger partial charge in [-0.2, -0.15) is 0 Å². The van der Waals surface area contributed by atoms with Crippen LogP contribution in [0, 0.1) is 23.3 Å². The van der Waals surface area contributed by atoms with Crippen molar-refractivity contribution in [2.45, 2.75) is 6.92 Å². The molecule has 0 heterocycles. The molecule has 3 nitrogen and oxygen atoms in total. The van der Waals surface area contributed by atoms with E-state index in [1.54, 1.807) is 30.3 Å². The number of carbonyl (C=O) groups excluding carboxylic acids is 1. The number of ketones is 1. The number of Topliss-reactive ketones (excluding diaryl/α,β-unsaturated/α-hetero) is 1. The molecule has 0 unspecified atom stereocenters. The van der Waals surface area contributed by atoms with Crippen molar-refractivity contribution < 1.29 is 32.3 Å². The molecule has 0 fully saturated rings. The maximum absolute atomic E-state index is 13.1. The van der Waals surface area contributed by atoms with Crippen molar-refractivity contribution in [3.05, 3.63) is 82.9 Å². The second-order valence-electron chi connectivity index (χ2n) is 4.94. The van der Waals surface area contributed by atoms with E-state index in [0.29, 0.717) is 11.6 Å². The Kier molecular flexibility index (Phi) is 7.01. The van der Waals surface area contributed by atoms with Crippen LogP contribution in [-0.2, 0) is 0 Å². The van der Waals surface area contributed by atoms with Crippen molar-refractivity contribution in [3.8, 4) is 0 Å². The highest BCUT2D eigenvalue weighted by atomic mass is 19.2. The Balaban J connectivity index is 0.000000273. The van der Waals surface area contributed by atoms with E-state index in [2.05, 4.69) is 13.2 Å². The van der Waals surface area contributed by atoms with E-state index in [1.807, 2.05) is 0 Å². The molecule has 2 aromatic carbocycles. The topological polar surface area (TPSA) is 54.4 Å². The van der Waals surface area contributed by atoms with Gasteiger partial charge in [-0.15, -0.1) is 0 Å². The van der Waals surface area contributed by atoms with E-state index in [1.165, 1.54) is 0 Å². The van der Waals surface area contributed by atoms with Crippen molar-refractivity contribution in [2.24, 2.45) is 0 Å². The molecule has 1 N–H and O–H groups in total. The highest BCUT2D eigenvalue weighted by Gasteiger charge is 2.25. The van der Waals surface area contributed by atoms with E-state index in [0.717, 1.165) is 12.5 Å². The second kappa shape index (κ2) is 8.75. The number of halogens is 4. The van der Waals surface area contributed by atoms with Gasteiger partial charge >= 0.3 is 5.97 Å². The molecule has 2 rings (SSSR count). The monoisotopic (exact) mass is 366 g/mol. The van der Waals surface area contributed by atoms with Crippen molar-refractivity contribution in [2.75, 3.05) is 0 Å². The van der Waals surface area contributed by atoms with Crippen molar-refractivity contribution in [1.82, 2.24) is 0 Å². The fraction of sp³-hybridized carbons (Fsp3) is 0.0526. The first kappa shape index (κ1) is 20.8. The summed E-state index contributed by atoms with van der Waals surface area (Å²) in [7, 11) is 0. The second-order valence-corrected chi connectivity index (χ2v) is 4.94. The lowest BCUT2D eigenvalue weighted by Gasteiger charge is -2.06. The van der Waals surface area contributed by atoms with Gasteiger partial charge in [-0.05, 0) is 24.6 Å². The number of carbonyl (C=O) groups is 2. The minimum Gasteiger partial charge on any atom is -0.478 e. The molecule has 0 saturated carbocycles. The summed E-state index contributed by atoms with van der Waals surface area (Å²) in [6.45, 7) is 7.38. The Hall–Kier alpha value is -3.22. The summed E-state index contributed by atoms with van der Waals surface area (Å²) in [5.74, 6) is -8.62. The minimum absolute atomic E-state index is 0.301. The summed E-state index contributed by atoms with van der Waals surface area (Å²) in [5.41, 5.74) is -0.906. The normalized spacial score (nSPS) is 9.73. The summed E-state index contributed by atoms with van der Waals surface area (Å²) in [6.07, 6.45) is 2.31. The zero-order valence-corrected chi connectivity index (χ0v) is 13.7. The standard InChI is InChI=1S/C10H6F4O.C9H8O2/c1-3-5-7(11)9(13)6(4(2)15)10(14)8(5)12;1-2-7-3-5-8(6-4-7)9(10)11/h3H,1H2,2H3;2-6H,1H2,(H,10,11). The Morgan fingerprint density at radius 2 is 1.35 bits per heavy atom. The number of hydrogen-bond donors (Lipinski definition) is 1. The van der Waals surface area contributed by atoms with Gasteiger partial charge in [0.2, 0.25) is 0 Å². The molecule has 0 aliphatic heterocycles. The Morgan fingerprint density at radius 1 is 0.885 bits per heavy atom. The van der Waals surface area contributed by atoms with Crippen molar-refractivity contribution in [1.29, 1.82) is 0 Å². The molecule has 0 amide bonds. The van der Waals surface area contributed by atoms with Crippen LogP contribution in [0.4, 0.5) is 17.6 Å². The van der Waals surface area contributed by atoms with Crippen LogP contribution < -0.4 is 0 Å². The molecule has 0 aliphatic carbocycles. The molecule has 0 radical (unpaired) electrons. The van der Waals surface area contributed by atoms with Crippen LogP contribution in [0.3, 0.4) is 0 Å². The average Bonchev–Trinajstić information content (AvgIpc) is 2.61. The fourth-order valence-electron chi connectivity index (χ4n) is 1.90. The van der Waals surface area contributed by atoms with E-state index in [-0.39, 0.29) is 0 Å². The fourth-order valence-corrected chi connectivity index (χ4v) is 1.90. The zero-order valence-electron chi connectivity index (χ0n) is 13.7. The maximum atomic E-state index is 13.1. The molecule has 0 aromatic heterocycles. The molecule has 0 bridgehead atoms. The van der Waals surface area contributed by atoms with Crippen LogP contribution in [0.15, 0.2) is 37.4 Å². The summed E-state index contributed by atoms with van der Waals surface area (Å²) < 4.78 is 52.3. The highest BCUT2D eigenvalue weighted by Crippen LogP contribution is 2.25. The first-order valence-electron chi connectivity index (χ1n) is 7.10. The van der Waals surface area contributed by atoms with E-state index >= 15 is 0 Å². The minimum atomic E-state index is -1.70. The molecule has 0 aliphatic rings. The number of carboxylic acids is 1. The van der Waals surface area contributed by atoms with Gasteiger partial charge in [0.05, 0.1) is 16.7 Å². The SMILES string of the molecule is C=Cc1c(F)c(F)c(C(C)=O)c(F)c1F.C=Cc1ccc(C(=O)O)cc1. The first-order chi connectivity index (χ1) is 12.1. The molecule has 2 aromatic rings. The molecular weight excluding hydrogens is 352 g/mol. The lowest BCUT2D eigenvalue weighted by molar-refractivity contribution is 0.0696. The van der Waals surface area contributed by atoms with Crippen LogP contribution in [-0.4, -0.2) is 16.9 Å². The van der Waals surface area contributed by atoms with Crippen LogP contribution in [0.2, 0.25) is 0 Å². The molecule has 136 valence electrons. The third-order valence-electron chi connectivity index (χ3n) is 3.25. The van der Waals surface area contributed by atoms with E-state index in [4.69, 9.17) is 5.11 Å². The average molecular weight is 366 g/mol. The predicted molar refractivity (Wildman–Crippen MR) is 89.9 cm³/mol. The van der Waals surface area contributed by atoms with Crippen LogP contribution >= 0.6 is 0 Å². The predicted octanol–water partition coefficient (Wildman–Crippen LogP) is 5.12. The number of hydrogen-bond acceptors (Lipinski definition) is 2. The van der Waals surface area contributed by atoms with E-state index in [9.17, 15) is 27.2 Å². The first-order valence-corrected chi connectivity index (χ1v) is 7.10. The molecular formula is C19H14F4O3. The Morgan fingerprint density at radius 3 is 1.65 bits per heavy atom. The smallest absolute Gasteiger partial charge is 0.335 e. The maximum Gasteiger partial charge on any atom is 0.335 e. The number of benzene rings is 2. The van der Waals surface area contributed by atoms with Gasteiger partial charge < -0.3 is 5.11 Å². The van der Waals surface area contributed by atoms with Crippen LogP contribution in [0.1, 0.15) is 38.8 Å². The third-order valence-corrected chi connectivity index (χ3v) is 3.25. The van der Waals surface area contributed by atoms with Crippen LogP contribution in [0.5, 0.6) is 0 Å². The third kappa shape index (κ3) is 4.44. The lowest BCUT2D eigenvalue weighted by Crippen LogP contribution is -2.09. The van der Waals surface area contributed by atoms with Gasteiger partial charge in [0.1, 0.15) is 0 Å². The molecule has 0 spiro atoms. The number of aromatic carboxylic acids is 1. The highest BCUT2D eigenvalue weighted by molar-refractivity contribution is 5.95. The number of carboxylic acid groups (broad SMARTS) is 1. The molecule has 26 heavy (non-hydrogen) atoms. The summed E-state index contributed by atoms with van der Waals surface area (Å²) in [4.78, 5) is 21.1. The van der Waals surface area contributed by atoms with Crippen molar-refractivity contribution >= 4 is 23.9 Å². The largest absolute Gasteiger partial charge is 0.478 e. The van der Waals surface area contributed by atoms with Crippen molar-refractivity contribution in [3.63, 3.8) is 0 Å². The summed E-state index contributed by atoms with van der Waals surface area (Å²) in [5, 5.41) is 8.52. The van der Waals surface area contributed by atoms with Crippen LogP contribution in [0.25, 0.3) is 12.2 Å².